The lowest BCUT2D eigenvalue weighted by Gasteiger charge is -2.15. The zero-order chi connectivity index (χ0) is 8.10. The molecule has 58 valence electrons. The van der Waals surface area contributed by atoms with Crippen LogP contribution in [-0.4, -0.2) is 11.9 Å². The monoisotopic (exact) mass is 149 g/mol. The Morgan fingerprint density at radius 2 is 2.55 bits per heavy atom. The predicted molar refractivity (Wildman–Crippen MR) is 43.8 cm³/mol. The summed E-state index contributed by atoms with van der Waals surface area (Å²) in [5, 5.41) is 2.71. The second-order valence-corrected chi connectivity index (χ2v) is 2.58. The largest absolute Gasteiger partial charge is 0.339 e. The first-order chi connectivity index (χ1) is 5.33. The van der Waals surface area contributed by atoms with E-state index in [9.17, 15) is 4.79 Å². The molecule has 0 aliphatic heterocycles. The van der Waals surface area contributed by atoms with Gasteiger partial charge in [-0.2, -0.15) is 0 Å². The van der Waals surface area contributed by atoms with Gasteiger partial charge in [-0.25, -0.2) is 0 Å². The average molecular weight is 149 g/mol. The number of carbonyl (C=O) groups is 1. The number of hydrogen-bond donors (Lipinski definition) is 1. The molecule has 1 aliphatic rings. The third-order valence-corrected chi connectivity index (χ3v) is 1.70. The van der Waals surface area contributed by atoms with E-state index in [0.29, 0.717) is 0 Å². The predicted octanol–water partition coefficient (Wildman–Crippen LogP) is 0.845. The van der Waals surface area contributed by atoms with Gasteiger partial charge in [-0.3, -0.25) is 4.79 Å². The molecular weight excluding hydrogens is 138 g/mol. The molecule has 0 saturated carbocycles. The van der Waals surface area contributed by atoms with Crippen molar-refractivity contribution in [1.29, 1.82) is 0 Å². The van der Waals surface area contributed by atoms with Crippen molar-refractivity contribution in [3.05, 3.63) is 12.2 Å². The van der Waals surface area contributed by atoms with Gasteiger partial charge < -0.3 is 5.32 Å². The van der Waals surface area contributed by atoms with Crippen LogP contribution in [-0.2, 0) is 4.79 Å². The minimum absolute atomic E-state index is 0.160. The molecule has 0 aromatic rings. The lowest BCUT2D eigenvalue weighted by atomic mass is 10.0. The molecule has 11 heavy (non-hydrogen) atoms. The second kappa shape index (κ2) is 3.82. The molecule has 1 aliphatic carbocycles. The van der Waals surface area contributed by atoms with Crippen LogP contribution >= 0.6 is 0 Å². The van der Waals surface area contributed by atoms with Crippen LogP contribution in [0.15, 0.2) is 12.2 Å². The Labute approximate surface area is 66.7 Å². The van der Waals surface area contributed by atoms with Crippen LogP contribution in [0.4, 0.5) is 0 Å². The first kappa shape index (κ1) is 7.87. The second-order valence-electron chi connectivity index (χ2n) is 2.58. The molecule has 1 unspecified atom stereocenters. The zero-order valence-corrected chi connectivity index (χ0v) is 6.34. The topological polar surface area (TPSA) is 29.1 Å². The number of allylic oxidation sites excluding steroid dienone is 1. The summed E-state index contributed by atoms with van der Waals surface area (Å²) in [6, 6.07) is 0.160. The number of hydrogen-bond acceptors (Lipinski definition) is 1. The van der Waals surface area contributed by atoms with Crippen LogP contribution in [0.5, 0.6) is 0 Å². The standard InChI is InChI=1S/C9H11NO/c1-2-9(11)10-8-6-4-3-5-7-8/h1,4,6,8H,3,5,7H2,(H,10,11). The summed E-state index contributed by atoms with van der Waals surface area (Å²) in [7, 11) is 0. The van der Waals surface area contributed by atoms with E-state index in [0.717, 1.165) is 19.3 Å². The van der Waals surface area contributed by atoms with Crippen molar-refractivity contribution in [2.45, 2.75) is 25.3 Å². The molecule has 2 nitrogen and oxygen atoms in total. The van der Waals surface area contributed by atoms with Gasteiger partial charge in [0.15, 0.2) is 0 Å². The Hall–Kier alpha value is -1.23. The normalized spacial score (nSPS) is 22.3. The zero-order valence-electron chi connectivity index (χ0n) is 6.34. The Bertz CT molecular complexity index is 212. The molecule has 0 bridgehead atoms. The highest BCUT2D eigenvalue weighted by molar-refractivity contribution is 5.93. The molecule has 0 aromatic carbocycles. The van der Waals surface area contributed by atoms with Gasteiger partial charge in [-0.15, -0.1) is 6.42 Å². The highest BCUT2D eigenvalue weighted by Crippen LogP contribution is 2.09. The van der Waals surface area contributed by atoms with Gasteiger partial charge in [-0.1, -0.05) is 12.2 Å². The molecule has 0 fully saturated rings. The van der Waals surface area contributed by atoms with E-state index in [1.54, 1.807) is 0 Å². The lowest BCUT2D eigenvalue weighted by Crippen LogP contribution is -2.33. The Kier molecular flexibility index (Phi) is 2.74. The molecule has 1 rings (SSSR count). The molecule has 0 radical (unpaired) electrons. The Morgan fingerprint density at radius 1 is 1.73 bits per heavy atom. The van der Waals surface area contributed by atoms with Gasteiger partial charge in [0.1, 0.15) is 0 Å². The van der Waals surface area contributed by atoms with E-state index in [1.807, 2.05) is 12.0 Å². The number of rotatable bonds is 1. The van der Waals surface area contributed by atoms with Crippen LogP contribution in [0.25, 0.3) is 0 Å². The molecule has 0 saturated heterocycles. The van der Waals surface area contributed by atoms with Crippen LogP contribution < -0.4 is 5.32 Å². The SMILES string of the molecule is C#CC(=O)NC1C=CCCC1. The van der Waals surface area contributed by atoms with Gasteiger partial charge in [0.2, 0.25) is 0 Å². The summed E-state index contributed by atoms with van der Waals surface area (Å²) >= 11 is 0. The first-order valence-corrected chi connectivity index (χ1v) is 3.76. The summed E-state index contributed by atoms with van der Waals surface area (Å²) in [5.41, 5.74) is 0. The van der Waals surface area contributed by atoms with E-state index in [4.69, 9.17) is 6.42 Å². The maximum absolute atomic E-state index is 10.7. The van der Waals surface area contributed by atoms with E-state index in [2.05, 4.69) is 11.4 Å². The highest BCUT2D eigenvalue weighted by Gasteiger charge is 2.08. The van der Waals surface area contributed by atoms with Crippen LogP contribution in [0.1, 0.15) is 19.3 Å². The maximum Gasteiger partial charge on any atom is 0.296 e. The third kappa shape index (κ3) is 2.46. The summed E-state index contributed by atoms with van der Waals surface area (Å²) < 4.78 is 0. The van der Waals surface area contributed by atoms with Crippen LogP contribution in [0.3, 0.4) is 0 Å². The van der Waals surface area contributed by atoms with Crippen molar-refractivity contribution >= 4 is 5.91 Å². The number of nitrogens with one attached hydrogen (secondary N) is 1. The molecule has 1 atom stereocenters. The van der Waals surface area contributed by atoms with E-state index < -0.39 is 0 Å². The molecular formula is C9H11NO. The molecule has 2 heteroatoms. The van der Waals surface area contributed by atoms with Gasteiger partial charge >= 0.3 is 0 Å². The van der Waals surface area contributed by atoms with Crippen LogP contribution in [0.2, 0.25) is 0 Å². The number of amides is 1. The smallest absolute Gasteiger partial charge is 0.296 e. The minimum Gasteiger partial charge on any atom is -0.339 e. The number of carbonyl (C=O) groups excluding carboxylic acids is 1. The fourth-order valence-corrected chi connectivity index (χ4v) is 1.14. The van der Waals surface area contributed by atoms with Crippen molar-refractivity contribution in [3.8, 4) is 12.3 Å². The minimum atomic E-state index is -0.318. The van der Waals surface area contributed by atoms with E-state index >= 15 is 0 Å². The van der Waals surface area contributed by atoms with Gasteiger partial charge in [0, 0.05) is 6.04 Å². The molecule has 1 amide bonds. The number of terminal acetylenes is 1. The molecule has 1 N–H and O–H groups in total. The summed E-state index contributed by atoms with van der Waals surface area (Å²) in [6.45, 7) is 0. The van der Waals surface area contributed by atoms with Crippen molar-refractivity contribution in [3.63, 3.8) is 0 Å². The lowest BCUT2D eigenvalue weighted by molar-refractivity contribution is -0.116. The van der Waals surface area contributed by atoms with Crippen LogP contribution in [0, 0.1) is 12.3 Å². The molecule has 0 aromatic heterocycles. The average Bonchev–Trinajstić information content (AvgIpc) is 2.06. The quantitative estimate of drug-likeness (QED) is 0.434. The van der Waals surface area contributed by atoms with Crippen molar-refractivity contribution in [2.24, 2.45) is 0 Å². The Balaban J connectivity index is 2.37. The van der Waals surface area contributed by atoms with Crippen molar-refractivity contribution < 1.29 is 4.79 Å². The highest BCUT2D eigenvalue weighted by atomic mass is 16.1. The first-order valence-electron chi connectivity index (χ1n) is 3.76. The fourth-order valence-electron chi connectivity index (χ4n) is 1.14. The molecule has 0 spiro atoms. The van der Waals surface area contributed by atoms with E-state index in [1.165, 1.54) is 0 Å². The maximum atomic E-state index is 10.7. The summed E-state index contributed by atoms with van der Waals surface area (Å²) in [5.74, 6) is 1.71. The third-order valence-electron chi connectivity index (χ3n) is 1.70. The van der Waals surface area contributed by atoms with Gasteiger partial charge in [0.25, 0.3) is 5.91 Å². The van der Waals surface area contributed by atoms with Crippen molar-refractivity contribution in [1.82, 2.24) is 5.32 Å². The van der Waals surface area contributed by atoms with Gasteiger partial charge in [0.05, 0.1) is 0 Å². The Morgan fingerprint density at radius 3 is 3.09 bits per heavy atom. The fraction of sp³-hybridized carbons (Fsp3) is 0.444. The van der Waals surface area contributed by atoms with Crippen molar-refractivity contribution in [2.75, 3.05) is 0 Å². The van der Waals surface area contributed by atoms with E-state index in [-0.39, 0.29) is 11.9 Å². The summed E-state index contributed by atoms with van der Waals surface area (Å²) in [4.78, 5) is 10.7. The molecule has 0 heterocycles. The van der Waals surface area contributed by atoms with Gasteiger partial charge in [-0.05, 0) is 25.2 Å². The summed E-state index contributed by atoms with van der Waals surface area (Å²) in [6.07, 6.45) is 12.2.